The molecule has 3 nitrogen and oxygen atoms in total. The lowest BCUT2D eigenvalue weighted by Crippen LogP contribution is -2.05. The summed E-state index contributed by atoms with van der Waals surface area (Å²) in [4.78, 5) is 3.68. The van der Waals surface area contributed by atoms with Gasteiger partial charge in [-0.15, -0.1) is 0 Å². The van der Waals surface area contributed by atoms with Crippen LogP contribution >= 0.6 is 11.6 Å². The first-order valence-corrected chi connectivity index (χ1v) is 5.89. The second-order valence-electron chi connectivity index (χ2n) is 3.92. The standard InChI is InChI=1S/C13H9ClF3NO2/c14-11-5-9(13(15,16)17)6-12(18-11)20-10-3-1-8(7-19)2-4-10/h1-6,19H,7H2. The largest absolute Gasteiger partial charge is 0.439 e. The summed E-state index contributed by atoms with van der Waals surface area (Å²) in [7, 11) is 0. The fourth-order valence-corrected chi connectivity index (χ4v) is 1.67. The molecule has 0 spiro atoms. The van der Waals surface area contributed by atoms with E-state index in [-0.39, 0.29) is 17.6 Å². The van der Waals surface area contributed by atoms with Crippen molar-refractivity contribution in [3.05, 3.63) is 52.7 Å². The van der Waals surface area contributed by atoms with Gasteiger partial charge in [-0.3, -0.25) is 0 Å². The van der Waals surface area contributed by atoms with Crippen molar-refractivity contribution >= 4 is 11.6 Å². The highest BCUT2D eigenvalue weighted by molar-refractivity contribution is 6.29. The number of hydrogen-bond acceptors (Lipinski definition) is 3. The van der Waals surface area contributed by atoms with Crippen molar-refractivity contribution in [3.63, 3.8) is 0 Å². The van der Waals surface area contributed by atoms with Crippen molar-refractivity contribution < 1.29 is 23.0 Å². The fourth-order valence-electron chi connectivity index (χ4n) is 1.47. The van der Waals surface area contributed by atoms with E-state index in [9.17, 15) is 13.2 Å². The molecule has 1 aromatic heterocycles. The van der Waals surface area contributed by atoms with Crippen molar-refractivity contribution in [3.8, 4) is 11.6 Å². The molecule has 0 aliphatic heterocycles. The lowest BCUT2D eigenvalue weighted by molar-refractivity contribution is -0.137. The van der Waals surface area contributed by atoms with Crippen LogP contribution in [0.1, 0.15) is 11.1 Å². The second kappa shape index (κ2) is 5.68. The van der Waals surface area contributed by atoms with Gasteiger partial charge in [-0.2, -0.15) is 13.2 Å². The molecule has 106 valence electrons. The molecule has 0 radical (unpaired) electrons. The maximum Gasteiger partial charge on any atom is 0.416 e. The summed E-state index contributed by atoms with van der Waals surface area (Å²) in [5.74, 6) is 0.0478. The molecule has 0 bridgehead atoms. The minimum absolute atomic E-state index is 0.131. The summed E-state index contributed by atoms with van der Waals surface area (Å²) in [6.45, 7) is -0.131. The van der Waals surface area contributed by atoms with Crippen molar-refractivity contribution in [1.29, 1.82) is 0 Å². The van der Waals surface area contributed by atoms with Crippen LogP contribution in [0.4, 0.5) is 13.2 Å². The summed E-state index contributed by atoms with van der Waals surface area (Å²) in [5.41, 5.74) is -0.271. The van der Waals surface area contributed by atoms with Crippen LogP contribution in [0.15, 0.2) is 36.4 Å². The minimum atomic E-state index is -4.52. The summed E-state index contributed by atoms with van der Waals surface area (Å²) in [6.07, 6.45) is -4.52. The average Bonchev–Trinajstić information content (AvgIpc) is 2.38. The predicted octanol–water partition coefficient (Wildman–Crippen LogP) is 4.04. The van der Waals surface area contributed by atoms with E-state index in [1.165, 1.54) is 12.1 Å². The van der Waals surface area contributed by atoms with Crippen LogP contribution in [0.5, 0.6) is 11.6 Å². The average molecular weight is 304 g/mol. The predicted molar refractivity (Wildman–Crippen MR) is 66.7 cm³/mol. The third kappa shape index (κ3) is 3.61. The van der Waals surface area contributed by atoms with Crippen LogP contribution in [0, 0.1) is 0 Å². The van der Waals surface area contributed by atoms with E-state index in [0.717, 1.165) is 12.1 Å². The number of rotatable bonds is 3. The van der Waals surface area contributed by atoms with E-state index in [2.05, 4.69) is 4.98 Å². The van der Waals surface area contributed by atoms with E-state index in [4.69, 9.17) is 21.4 Å². The zero-order valence-corrected chi connectivity index (χ0v) is 10.7. The van der Waals surface area contributed by atoms with Crippen LogP contribution in [-0.2, 0) is 12.8 Å². The monoisotopic (exact) mass is 303 g/mol. The maximum atomic E-state index is 12.6. The maximum absolute atomic E-state index is 12.6. The van der Waals surface area contributed by atoms with E-state index < -0.39 is 11.7 Å². The van der Waals surface area contributed by atoms with Gasteiger partial charge in [0, 0.05) is 6.07 Å². The van der Waals surface area contributed by atoms with Crippen LogP contribution in [0.25, 0.3) is 0 Å². The normalized spacial score (nSPS) is 11.4. The molecule has 1 aromatic carbocycles. The van der Waals surface area contributed by atoms with Crippen molar-refractivity contribution in [2.75, 3.05) is 0 Å². The Morgan fingerprint density at radius 1 is 1.15 bits per heavy atom. The SMILES string of the molecule is OCc1ccc(Oc2cc(C(F)(F)F)cc(Cl)n2)cc1. The first-order valence-electron chi connectivity index (χ1n) is 5.51. The molecule has 20 heavy (non-hydrogen) atoms. The van der Waals surface area contributed by atoms with Gasteiger partial charge < -0.3 is 9.84 Å². The molecule has 2 rings (SSSR count). The van der Waals surface area contributed by atoms with Gasteiger partial charge in [-0.1, -0.05) is 23.7 Å². The summed E-state index contributed by atoms with van der Waals surface area (Å²) in [5, 5.41) is 8.58. The van der Waals surface area contributed by atoms with Gasteiger partial charge in [0.05, 0.1) is 12.2 Å². The molecular formula is C13H9ClF3NO2. The van der Waals surface area contributed by atoms with Gasteiger partial charge in [-0.05, 0) is 23.8 Å². The Bertz CT molecular complexity index is 600. The second-order valence-corrected chi connectivity index (χ2v) is 4.31. The van der Waals surface area contributed by atoms with E-state index in [0.29, 0.717) is 11.3 Å². The third-order valence-corrected chi connectivity index (χ3v) is 2.62. The first-order chi connectivity index (χ1) is 9.38. The Labute approximate surface area is 117 Å². The van der Waals surface area contributed by atoms with E-state index in [1.807, 2.05) is 0 Å². The highest BCUT2D eigenvalue weighted by Crippen LogP contribution is 2.33. The topological polar surface area (TPSA) is 42.4 Å². The quantitative estimate of drug-likeness (QED) is 0.870. The van der Waals surface area contributed by atoms with Crippen LogP contribution in [0.2, 0.25) is 5.15 Å². The Morgan fingerprint density at radius 2 is 1.80 bits per heavy atom. The highest BCUT2D eigenvalue weighted by atomic mass is 35.5. The fraction of sp³-hybridized carbons (Fsp3) is 0.154. The lowest BCUT2D eigenvalue weighted by atomic mass is 10.2. The van der Waals surface area contributed by atoms with Gasteiger partial charge in [0.1, 0.15) is 10.9 Å². The molecular weight excluding hydrogens is 295 g/mol. The molecule has 0 saturated heterocycles. The Morgan fingerprint density at radius 3 is 2.35 bits per heavy atom. The zero-order valence-electron chi connectivity index (χ0n) is 9.99. The van der Waals surface area contributed by atoms with E-state index >= 15 is 0 Å². The van der Waals surface area contributed by atoms with Crippen LogP contribution in [0.3, 0.4) is 0 Å². The molecule has 0 unspecified atom stereocenters. The lowest BCUT2D eigenvalue weighted by Gasteiger charge is -2.10. The number of benzene rings is 1. The van der Waals surface area contributed by atoms with Crippen LogP contribution in [-0.4, -0.2) is 10.1 Å². The van der Waals surface area contributed by atoms with Gasteiger partial charge in [0.25, 0.3) is 0 Å². The van der Waals surface area contributed by atoms with Crippen molar-refractivity contribution in [1.82, 2.24) is 4.98 Å². The number of ether oxygens (including phenoxy) is 1. The van der Waals surface area contributed by atoms with Crippen molar-refractivity contribution in [2.24, 2.45) is 0 Å². The molecule has 1 N–H and O–H groups in total. The van der Waals surface area contributed by atoms with Crippen LogP contribution < -0.4 is 4.74 Å². The Kier molecular flexibility index (Phi) is 4.15. The number of aromatic nitrogens is 1. The van der Waals surface area contributed by atoms with Gasteiger partial charge >= 0.3 is 6.18 Å². The molecule has 7 heteroatoms. The molecule has 0 fully saturated rings. The molecule has 0 amide bonds. The highest BCUT2D eigenvalue weighted by Gasteiger charge is 2.31. The number of halogens is 4. The number of pyridine rings is 1. The smallest absolute Gasteiger partial charge is 0.416 e. The van der Waals surface area contributed by atoms with Gasteiger partial charge in [0.15, 0.2) is 0 Å². The van der Waals surface area contributed by atoms with Gasteiger partial charge in [-0.25, -0.2) is 4.98 Å². The molecule has 0 aliphatic carbocycles. The molecule has 1 heterocycles. The number of aliphatic hydroxyl groups excluding tert-OH is 1. The van der Waals surface area contributed by atoms with Crippen molar-refractivity contribution in [2.45, 2.75) is 12.8 Å². The number of nitrogens with zero attached hydrogens (tertiary/aromatic N) is 1. The molecule has 2 aromatic rings. The van der Waals surface area contributed by atoms with E-state index in [1.54, 1.807) is 12.1 Å². The molecule has 0 saturated carbocycles. The number of aliphatic hydroxyl groups is 1. The summed E-state index contributed by atoms with van der Waals surface area (Å²) < 4.78 is 43.1. The summed E-state index contributed by atoms with van der Waals surface area (Å²) >= 11 is 5.55. The molecule has 0 aliphatic rings. The minimum Gasteiger partial charge on any atom is -0.439 e. The molecule has 0 atom stereocenters. The third-order valence-electron chi connectivity index (χ3n) is 2.43. The summed E-state index contributed by atoms with van der Waals surface area (Å²) in [6, 6.07) is 7.70. The number of alkyl halides is 3. The number of hydrogen-bond donors (Lipinski definition) is 1. The zero-order chi connectivity index (χ0) is 14.8. The Balaban J connectivity index is 2.26. The first kappa shape index (κ1) is 14.6. The van der Waals surface area contributed by atoms with Gasteiger partial charge in [0.2, 0.25) is 5.88 Å². The Hall–Kier alpha value is -1.79.